The summed E-state index contributed by atoms with van der Waals surface area (Å²) in [6.07, 6.45) is 1.17. The van der Waals surface area contributed by atoms with Gasteiger partial charge in [-0.2, -0.15) is 0 Å². The van der Waals surface area contributed by atoms with Crippen LogP contribution in [-0.4, -0.2) is 18.0 Å². The van der Waals surface area contributed by atoms with Gasteiger partial charge in [0.15, 0.2) is 0 Å². The number of rotatable bonds is 6. The summed E-state index contributed by atoms with van der Waals surface area (Å²) in [7, 11) is 0. The van der Waals surface area contributed by atoms with Crippen molar-refractivity contribution >= 4 is 11.0 Å². The molecule has 2 N–H and O–H groups in total. The Labute approximate surface area is 109 Å². The summed E-state index contributed by atoms with van der Waals surface area (Å²) >= 11 is 0. The summed E-state index contributed by atoms with van der Waals surface area (Å²) in [5.74, 6) is 0.922. The SMILES string of the molecule is CCCN(CC)Cc1c(CN)oc2ccccc12. The molecule has 0 amide bonds. The summed E-state index contributed by atoms with van der Waals surface area (Å²) in [4.78, 5) is 2.43. The topological polar surface area (TPSA) is 42.4 Å². The van der Waals surface area contributed by atoms with Crippen LogP contribution in [0, 0.1) is 0 Å². The third kappa shape index (κ3) is 2.57. The lowest BCUT2D eigenvalue weighted by molar-refractivity contribution is 0.279. The van der Waals surface area contributed by atoms with Crippen molar-refractivity contribution in [3.05, 3.63) is 35.6 Å². The van der Waals surface area contributed by atoms with Crippen molar-refractivity contribution in [1.29, 1.82) is 0 Å². The van der Waals surface area contributed by atoms with Crippen LogP contribution in [-0.2, 0) is 13.1 Å². The molecule has 0 spiro atoms. The molecule has 0 aliphatic heterocycles. The minimum absolute atomic E-state index is 0.466. The Kier molecular flexibility index (Phi) is 4.39. The van der Waals surface area contributed by atoms with Gasteiger partial charge in [0, 0.05) is 17.5 Å². The summed E-state index contributed by atoms with van der Waals surface area (Å²) < 4.78 is 5.82. The van der Waals surface area contributed by atoms with Crippen molar-refractivity contribution in [2.75, 3.05) is 13.1 Å². The van der Waals surface area contributed by atoms with Gasteiger partial charge in [-0.25, -0.2) is 0 Å². The number of fused-ring (bicyclic) bond motifs is 1. The van der Waals surface area contributed by atoms with Gasteiger partial charge in [-0.05, 0) is 25.6 Å². The average Bonchev–Trinajstić information content (AvgIpc) is 2.76. The van der Waals surface area contributed by atoms with E-state index in [0.717, 1.165) is 31.0 Å². The molecule has 0 aliphatic carbocycles. The van der Waals surface area contributed by atoms with Crippen molar-refractivity contribution in [2.24, 2.45) is 5.73 Å². The molecule has 1 aromatic carbocycles. The molecule has 1 aromatic heterocycles. The molecule has 98 valence electrons. The summed E-state index contributed by atoms with van der Waals surface area (Å²) in [6.45, 7) is 7.96. The summed E-state index contributed by atoms with van der Waals surface area (Å²) in [5.41, 5.74) is 7.99. The van der Waals surface area contributed by atoms with E-state index in [9.17, 15) is 0 Å². The molecular weight excluding hydrogens is 224 g/mol. The van der Waals surface area contributed by atoms with Crippen LogP contribution in [0.1, 0.15) is 31.6 Å². The van der Waals surface area contributed by atoms with E-state index in [1.807, 2.05) is 12.1 Å². The first-order valence-electron chi connectivity index (χ1n) is 6.71. The number of furan rings is 1. The Balaban J connectivity index is 2.35. The van der Waals surface area contributed by atoms with Crippen LogP contribution in [0.5, 0.6) is 0 Å². The zero-order chi connectivity index (χ0) is 13.0. The first kappa shape index (κ1) is 13.1. The fraction of sp³-hybridized carbons (Fsp3) is 0.467. The van der Waals surface area contributed by atoms with E-state index in [-0.39, 0.29) is 0 Å². The number of para-hydroxylation sites is 1. The van der Waals surface area contributed by atoms with Gasteiger partial charge in [0.05, 0.1) is 6.54 Å². The minimum Gasteiger partial charge on any atom is -0.459 e. The average molecular weight is 246 g/mol. The first-order chi connectivity index (χ1) is 8.80. The molecule has 2 rings (SSSR count). The summed E-state index contributed by atoms with van der Waals surface area (Å²) in [5, 5.41) is 1.20. The number of hydrogen-bond donors (Lipinski definition) is 1. The third-order valence-electron chi connectivity index (χ3n) is 3.34. The Bertz CT molecular complexity index is 504. The molecule has 3 heteroatoms. The van der Waals surface area contributed by atoms with Crippen molar-refractivity contribution in [3.8, 4) is 0 Å². The van der Waals surface area contributed by atoms with E-state index in [0.29, 0.717) is 6.54 Å². The molecule has 0 atom stereocenters. The van der Waals surface area contributed by atoms with Gasteiger partial charge in [-0.3, -0.25) is 4.90 Å². The summed E-state index contributed by atoms with van der Waals surface area (Å²) in [6, 6.07) is 8.18. The molecule has 0 aliphatic rings. The predicted octanol–water partition coefficient (Wildman–Crippen LogP) is 3.12. The molecule has 18 heavy (non-hydrogen) atoms. The van der Waals surface area contributed by atoms with Gasteiger partial charge in [0.25, 0.3) is 0 Å². The quantitative estimate of drug-likeness (QED) is 0.851. The van der Waals surface area contributed by atoms with Crippen LogP contribution in [0.15, 0.2) is 28.7 Å². The lowest BCUT2D eigenvalue weighted by atomic mass is 10.1. The van der Waals surface area contributed by atoms with Gasteiger partial charge in [0.2, 0.25) is 0 Å². The first-order valence-corrected chi connectivity index (χ1v) is 6.71. The third-order valence-corrected chi connectivity index (χ3v) is 3.34. The standard InChI is InChI=1S/C15H22N2O/c1-3-9-17(4-2)11-13-12-7-5-6-8-14(12)18-15(13)10-16/h5-8H,3-4,9-11,16H2,1-2H3. The highest BCUT2D eigenvalue weighted by Crippen LogP contribution is 2.26. The van der Waals surface area contributed by atoms with Crippen LogP contribution in [0.3, 0.4) is 0 Å². The Morgan fingerprint density at radius 2 is 2.00 bits per heavy atom. The fourth-order valence-corrected chi connectivity index (χ4v) is 2.38. The van der Waals surface area contributed by atoms with Crippen LogP contribution >= 0.6 is 0 Å². The van der Waals surface area contributed by atoms with E-state index in [2.05, 4.69) is 30.9 Å². The molecule has 2 aromatic rings. The number of benzene rings is 1. The molecule has 0 bridgehead atoms. The second kappa shape index (κ2) is 6.03. The maximum atomic E-state index is 5.82. The van der Waals surface area contributed by atoms with Gasteiger partial charge >= 0.3 is 0 Å². The molecule has 3 nitrogen and oxygen atoms in total. The Morgan fingerprint density at radius 1 is 1.22 bits per heavy atom. The normalized spacial score (nSPS) is 11.6. The van der Waals surface area contributed by atoms with E-state index in [1.54, 1.807) is 0 Å². The molecule has 0 unspecified atom stereocenters. The van der Waals surface area contributed by atoms with Crippen molar-refractivity contribution < 1.29 is 4.42 Å². The Morgan fingerprint density at radius 3 is 2.67 bits per heavy atom. The van der Waals surface area contributed by atoms with Crippen LogP contribution in [0.25, 0.3) is 11.0 Å². The van der Waals surface area contributed by atoms with Crippen molar-refractivity contribution in [2.45, 2.75) is 33.4 Å². The highest BCUT2D eigenvalue weighted by molar-refractivity contribution is 5.82. The molecular formula is C15H22N2O. The fourth-order valence-electron chi connectivity index (χ4n) is 2.38. The highest BCUT2D eigenvalue weighted by Gasteiger charge is 2.14. The molecule has 0 radical (unpaired) electrons. The maximum absolute atomic E-state index is 5.82. The van der Waals surface area contributed by atoms with Gasteiger partial charge in [-0.15, -0.1) is 0 Å². The monoisotopic (exact) mass is 246 g/mol. The second-order valence-electron chi connectivity index (χ2n) is 4.57. The smallest absolute Gasteiger partial charge is 0.134 e. The van der Waals surface area contributed by atoms with Crippen molar-refractivity contribution in [3.63, 3.8) is 0 Å². The van der Waals surface area contributed by atoms with Crippen molar-refractivity contribution in [1.82, 2.24) is 4.90 Å². The number of hydrogen-bond acceptors (Lipinski definition) is 3. The van der Waals surface area contributed by atoms with Crippen LogP contribution in [0.4, 0.5) is 0 Å². The zero-order valence-corrected chi connectivity index (χ0v) is 11.3. The zero-order valence-electron chi connectivity index (χ0n) is 11.3. The van der Waals surface area contributed by atoms with E-state index < -0.39 is 0 Å². The van der Waals surface area contributed by atoms with Gasteiger partial charge in [-0.1, -0.05) is 32.0 Å². The molecule has 0 saturated carbocycles. The predicted molar refractivity (Wildman–Crippen MR) is 75.3 cm³/mol. The minimum atomic E-state index is 0.466. The van der Waals surface area contributed by atoms with Gasteiger partial charge in [0.1, 0.15) is 11.3 Å². The molecule has 0 saturated heterocycles. The van der Waals surface area contributed by atoms with E-state index in [1.165, 1.54) is 17.4 Å². The molecule has 1 heterocycles. The second-order valence-corrected chi connectivity index (χ2v) is 4.57. The largest absolute Gasteiger partial charge is 0.459 e. The molecule has 0 fully saturated rings. The van der Waals surface area contributed by atoms with E-state index in [4.69, 9.17) is 10.2 Å². The highest BCUT2D eigenvalue weighted by atomic mass is 16.3. The maximum Gasteiger partial charge on any atom is 0.134 e. The Hall–Kier alpha value is -1.32. The van der Waals surface area contributed by atoms with Crippen LogP contribution < -0.4 is 5.73 Å². The van der Waals surface area contributed by atoms with Crippen LogP contribution in [0.2, 0.25) is 0 Å². The van der Waals surface area contributed by atoms with E-state index >= 15 is 0 Å². The lowest BCUT2D eigenvalue weighted by Gasteiger charge is -2.19. The lowest BCUT2D eigenvalue weighted by Crippen LogP contribution is -2.24. The number of nitrogens with zero attached hydrogens (tertiary/aromatic N) is 1. The van der Waals surface area contributed by atoms with Gasteiger partial charge < -0.3 is 10.2 Å². The number of nitrogens with two attached hydrogens (primary N) is 1.